The lowest BCUT2D eigenvalue weighted by Gasteiger charge is -2.34. The molecule has 0 aromatic heterocycles. The van der Waals surface area contributed by atoms with Gasteiger partial charge in [-0.15, -0.1) is 24.0 Å². The second-order valence-electron chi connectivity index (χ2n) is 6.00. The number of hydrogen-bond donors (Lipinski definition) is 2. The average molecular weight is 441 g/mol. The van der Waals surface area contributed by atoms with Crippen LogP contribution in [0.15, 0.2) is 4.99 Å². The fourth-order valence-electron chi connectivity index (χ4n) is 3.03. The van der Waals surface area contributed by atoms with E-state index in [1.165, 1.54) is 0 Å². The first-order valence-corrected chi connectivity index (χ1v) is 9.00. The zero-order chi connectivity index (χ0) is 16.2. The zero-order valence-corrected chi connectivity index (χ0v) is 17.4. The maximum Gasteiger partial charge on any atom is 0.193 e. The zero-order valence-electron chi connectivity index (χ0n) is 15.1. The summed E-state index contributed by atoms with van der Waals surface area (Å²) in [6.07, 6.45) is 5.70. The number of halogens is 1. The standard InChI is InChI=1S/C17H35N3O2.HI/c1-4-7-15(10-13-21)14-19-17(18-5-2)20-11-8-16(9-12-20)22-6-3;/h15-16,21H,4-14H2,1-3H3,(H,18,19);1H. The molecular formula is C17H36IN3O2. The lowest BCUT2D eigenvalue weighted by molar-refractivity contribution is 0.0263. The number of rotatable bonds is 9. The number of likely N-dealkylation sites (tertiary alicyclic amines) is 1. The van der Waals surface area contributed by atoms with Crippen molar-refractivity contribution < 1.29 is 9.84 Å². The molecule has 0 aromatic carbocycles. The summed E-state index contributed by atoms with van der Waals surface area (Å²) in [5.41, 5.74) is 0. The Morgan fingerprint density at radius 3 is 2.48 bits per heavy atom. The smallest absolute Gasteiger partial charge is 0.193 e. The Labute approximate surface area is 159 Å². The number of aliphatic imine (C=N–C) groups is 1. The second-order valence-corrected chi connectivity index (χ2v) is 6.00. The van der Waals surface area contributed by atoms with Crippen LogP contribution in [0.1, 0.15) is 52.9 Å². The number of nitrogens with one attached hydrogen (secondary N) is 1. The van der Waals surface area contributed by atoms with Crippen LogP contribution in [0, 0.1) is 5.92 Å². The molecule has 1 saturated heterocycles. The molecule has 1 aliphatic rings. The third-order valence-electron chi connectivity index (χ3n) is 4.21. The van der Waals surface area contributed by atoms with E-state index >= 15 is 0 Å². The minimum Gasteiger partial charge on any atom is -0.396 e. The molecule has 1 rings (SSSR count). The molecule has 1 atom stereocenters. The van der Waals surface area contributed by atoms with Crippen molar-refractivity contribution in [3.05, 3.63) is 0 Å². The van der Waals surface area contributed by atoms with Gasteiger partial charge in [0, 0.05) is 39.4 Å². The molecule has 6 heteroatoms. The highest BCUT2D eigenvalue weighted by atomic mass is 127. The van der Waals surface area contributed by atoms with Gasteiger partial charge >= 0.3 is 0 Å². The summed E-state index contributed by atoms with van der Waals surface area (Å²) in [5, 5.41) is 12.6. The summed E-state index contributed by atoms with van der Waals surface area (Å²) in [5.74, 6) is 1.51. The van der Waals surface area contributed by atoms with E-state index in [4.69, 9.17) is 9.73 Å². The Bertz CT molecular complexity index is 302. The number of aliphatic hydroxyl groups is 1. The highest BCUT2D eigenvalue weighted by Crippen LogP contribution is 2.15. The van der Waals surface area contributed by atoms with Crippen LogP contribution >= 0.6 is 24.0 Å². The predicted molar refractivity (Wildman–Crippen MR) is 108 cm³/mol. The number of piperidine rings is 1. The number of ether oxygens (including phenoxy) is 1. The Balaban J connectivity index is 0.00000484. The summed E-state index contributed by atoms with van der Waals surface area (Å²) in [6.45, 7) is 11.1. The fourth-order valence-corrected chi connectivity index (χ4v) is 3.03. The van der Waals surface area contributed by atoms with Gasteiger partial charge in [0.1, 0.15) is 0 Å². The first kappa shape index (κ1) is 22.9. The summed E-state index contributed by atoms with van der Waals surface area (Å²) in [4.78, 5) is 7.17. The molecule has 1 fully saturated rings. The number of guanidine groups is 1. The molecule has 138 valence electrons. The van der Waals surface area contributed by atoms with Crippen molar-refractivity contribution in [3.63, 3.8) is 0 Å². The van der Waals surface area contributed by atoms with Gasteiger partial charge in [0.2, 0.25) is 0 Å². The predicted octanol–water partition coefficient (Wildman–Crippen LogP) is 2.87. The van der Waals surface area contributed by atoms with Crippen molar-refractivity contribution in [1.29, 1.82) is 0 Å². The minimum absolute atomic E-state index is 0. The van der Waals surface area contributed by atoms with Gasteiger partial charge in [-0.3, -0.25) is 4.99 Å². The number of hydrogen-bond acceptors (Lipinski definition) is 3. The third kappa shape index (κ3) is 9.10. The lowest BCUT2D eigenvalue weighted by Crippen LogP contribution is -2.47. The van der Waals surface area contributed by atoms with E-state index in [1.54, 1.807) is 0 Å². The normalized spacial score (nSPS) is 17.7. The topological polar surface area (TPSA) is 57.1 Å². The Kier molecular flexibility index (Phi) is 14.2. The van der Waals surface area contributed by atoms with Crippen LogP contribution in [0.5, 0.6) is 0 Å². The van der Waals surface area contributed by atoms with Crippen molar-refractivity contribution in [1.82, 2.24) is 10.2 Å². The van der Waals surface area contributed by atoms with E-state index in [-0.39, 0.29) is 30.6 Å². The molecule has 0 aliphatic carbocycles. The van der Waals surface area contributed by atoms with Gasteiger partial charge in [-0.05, 0) is 45.4 Å². The third-order valence-corrected chi connectivity index (χ3v) is 4.21. The molecule has 1 heterocycles. The van der Waals surface area contributed by atoms with Crippen molar-refractivity contribution >= 4 is 29.9 Å². The van der Waals surface area contributed by atoms with Gasteiger partial charge in [-0.2, -0.15) is 0 Å². The molecule has 23 heavy (non-hydrogen) atoms. The summed E-state index contributed by atoms with van der Waals surface area (Å²) >= 11 is 0. The van der Waals surface area contributed by atoms with Crippen molar-refractivity contribution in [2.24, 2.45) is 10.9 Å². The van der Waals surface area contributed by atoms with E-state index in [1.807, 2.05) is 0 Å². The van der Waals surface area contributed by atoms with Crippen molar-refractivity contribution in [3.8, 4) is 0 Å². The Morgan fingerprint density at radius 1 is 1.26 bits per heavy atom. The average Bonchev–Trinajstić information content (AvgIpc) is 2.53. The molecule has 0 bridgehead atoms. The molecule has 5 nitrogen and oxygen atoms in total. The van der Waals surface area contributed by atoms with Crippen LogP contribution in [0.25, 0.3) is 0 Å². The molecule has 0 aromatic rings. The van der Waals surface area contributed by atoms with Gasteiger partial charge < -0.3 is 20.1 Å². The molecular weight excluding hydrogens is 405 g/mol. The van der Waals surface area contributed by atoms with Gasteiger partial charge in [-0.1, -0.05) is 13.3 Å². The maximum absolute atomic E-state index is 9.17. The van der Waals surface area contributed by atoms with Crippen molar-refractivity contribution in [2.75, 3.05) is 39.4 Å². The SMILES string of the molecule is CCCC(CCO)CN=C(NCC)N1CCC(OCC)CC1.I. The number of aliphatic hydroxyl groups excluding tert-OH is 1. The highest BCUT2D eigenvalue weighted by Gasteiger charge is 2.21. The molecule has 0 saturated carbocycles. The van der Waals surface area contributed by atoms with Crippen LogP contribution < -0.4 is 5.32 Å². The largest absolute Gasteiger partial charge is 0.396 e. The Morgan fingerprint density at radius 2 is 1.96 bits per heavy atom. The van der Waals surface area contributed by atoms with E-state index in [0.29, 0.717) is 12.0 Å². The fraction of sp³-hybridized carbons (Fsp3) is 0.941. The minimum atomic E-state index is 0. The van der Waals surface area contributed by atoms with Crippen LogP contribution in [0.2, 0.25) is 0 Å². The Hall–Kier alpha value is -0.0800. The van der Waals surface area contributed by atoms with Crippen LogP contribution in [-0.4, -0.2) is 61.5 Å². The highest BCUT2D eigenvalue weighted by molar-refractivity contribution is 14.0. The van der Waals surface area contributed by atoms with Gasteiger partial charge in [0.05, 0.1) is 6.10 Å². The van der Waals surface area contributed by atoms with Crippen molar-refractivity contribution in [2.45, 2.75) is 59.0 Å². The van der Waals surface area contributed by atoms with Gasteiger partial charge in [0.15, 0.2) is 5.96 Å². The van der Waals surface area contributed by atoms with E-state index in [2.05, 4.69) is 31.0 Å². The molecule has 0 spiro atoms. The van der Waals surface area contributed by atoms with Crippen LogP contribution in [0.3, 0.4) is 0 Å². The summed E-state index contributed by atoms with van der Waals surface area (Å²) < 4.78 is 5.72. The van der Waals surface area contributed by atoms with E-state index in [9.17, 15) is 5.11 Å². The monoisotopic (exact) mass is 441 g/mol. The van der Waals surface area contributed by atoms with Gasteiger partial charge in [-0.25, -0.2) is 0 Å². The van der Waals surface area contributed by atoms with Gasteiger partial charge in [0.25, 0.3) is 0 Å². The first-order valence-electron chi connectivity index (χ1n) is 9.00. The van der Waals surface area contributed by atoms with Crippen LogP contribution in [0.4, 0.5) is 0 Å². The molecule has 2 N–H and O–H groups in total. The summed E-state index contributed by atoms with van der Waals surface area (Å²) in [7, 11) is 0. The van der Waals surface area contributed by atoms with E-state index in [0.717, 1.165) is 70.8 Å². The molecule has 0 radical (unpaired) electrons. The second kappa shape index (κ2) is 14.3. The quantitative estimate of drug-likeness (QED) is 0.328. The maximum atomic E-state index is 9.17. The molecule has 1 aliphatic heterocycles. The number of nitrogens with zero attached hydrogens (tertiary/aromatic N) is 2. The lowest BCUT2D eigenvalue weighted by atomic mass is 10.0. The van der Waals surface area contributed by atoms with Crippen LogP contribution in [-0.2, 0) is 4.74 Å². The molecule has 0 amide bonds. The summed E-state index contributed by atoms with van der Waals surface area (Å²) in [6, 6.07) is 0. The molecule has 1 unspecified atom stereocenters. The first-order chi connectivity index (χ1) is 10.7. The van der Waals surface area contributed by atoms with E-state index < -0.39 is 0 Å².